The molecule has 3 aromatic carbocycles. The predicted octanol–water partition coefficient (Wildman–Crippen LogP) is 6.68. The average molecular weight is 467 g/mol. The molecule has 11 heteroatoms. The Morgan fingerprint density at radius 3 is 2.03 bits per heavy atom. The van der Waals surface area contributed by atoms with Crippen molar-refractivity contribution in [3.05, 3.63) is 101 Å². The lowest BCUT2D eigenvalue weighted by Crippen LogP contribution is -2.07. The van der Waals surface area contributed by atoms with Crippen LogP contribution in [0.5, 0.6) is 11.5 Å². The maximum Gasteiger partial charge on any atom is 0.416 e. The molecule has 2 N–H and O–H groups in total. The van der Waals surface area contributed by atoms with Gasteiger partial charge in [-0.2, -0.15) is 13.2 Å². The fourth-order valence-corrected chi connectivity index (χ4v) is 3.01. The number of nitrogens with zero attached hydrogens (tertiary/aromatic N) is 3. The summed E-state index contributed by atoms with van der Waals surface area (Å²) in [6.45, 7) is 0. The molecule has 0 saturated carbocycles. The summed E-state index contributed by atoms with van der Waals surface area (Å²) < 4.78 is 44.7. The third-order valence-electron chi connectivity index (χ3n) is 4.55. The Morgan fingerprint density at radius 2 is 1.41 bits per heavy atom. The molecule has 34 heavy (non-hydrogen) atoms. The Labute approximate surface area is 191 Å². The molecule has 0 unspecified atom stereocenters. The van der Waals surface area contributed by atoms with Gasteiger partial charge in [0, 0.05) is 11.4 Å². The lowest BCUT2D eigenvalue weighted by molar-refractivity contribution is -0.383. The van der Waals surface area contributed by atoms with Crippen LogP contribution in [0.3, 0.4) is 0 Å². The van der Waals surface area contributed by atoms with E-state index in [9.17, 15) is 23.3 Å². The first kappa shape index (κ1) is 22.5. The Bertz CT molecular complexity index is 1300. The van der Waals surface area contributed by atoms with Crippen LogP contribution in [0, 0.1) is 10.1 Å². The largest absolute Gasteiger partial charge is 0.457 e. The summed E-state index contributed by atoms with van der Waals surface area (Å²) in [5.74, 6) is 0.817. The highest BCUT2D eigenvalue weighted by molar-refractivity contribution is 5.77. The SMILES string of the molecule is O=[N+]([O-])c1c(Nc2ccc(Oc3ccccc3)cc2)ncnc1Nc1cccc(C(F)(F)F)c1. The normalized spacial score (nSPS) is 11.0. The zero-order valence-electron chi connectivity index (χ0n) is 17.3. The molecule has 0 spiro atoms. The highest BCUT2D eigenvalue weighted by Gasteiger charge is 2.31. The number of anilines is 4. The van der Waals surface area contributed by atoms with Gasteiger partial charge < -0.3 is 15.4 Å². The minimum atomic E-state index is -4.56. The van der Waals surface area contributed by atoms with Crippen molar-refractivity contribution in [2.75, 3.05) is 10.6 Å². The summed E-state index contributed by atoms with van der Waals surface area (Å²) in [5.41, 5.74) is -0.952. The van der Waals surface area contributed by atoms with Gasteiger partial charge in [-0.25, -0.2) is 9.97 Å². The van der Waals surface area contributed by atoms with E-state index < -0.39 is 22.4 Å². The number of hydrogen-bond donors (Lipinski definition) is 2. The molecule has 0 aliphatic carbocycles. The zero-order chi connectivity index (χ0) is 24.1. The second kappa shape index (κ2) is 9.45. The molecule has 1 heterocycles. The standard InChI is InChI=1S/C23H16F3N5O3/c24-23(25,26)15-5-4-6-17(13-15)30-22-20(31(32)33)21(27-14-28-22)29-16-9-11-19(12-10-16)34-18-7-2-1-3-8-18/h1-14H,(H2,27,28,29,30). The fourth-order valence-electron chi connectivity index (χ4n) is 3.01. The second-order valence-electron chi connectivity index (χ2n) is 6.94. The van der Waals surface area contributed by atoms with Crippen molar-refractivity contribution in [3.8, 4) is 11.5 Å². The summed E-state index contributed by atoms with van der Waals surface area (Å²) in [7, 11) is 0. The number of aromatic nitrogens is 2. The second-order valence-corrected chi connectivity index (χ2v) is 6.94. The van der Waals surface area contributed by atoms with Gasteiger partial charge in [0.05, 0.1) is 10.5 Å². The van der Waals surface area contributed by atoms with E-state index in [-0.39, 0.29) is 17.3 Å². The molecule has 0 atom stereocenters. The van der Waals surface area contributed by atoms with Gasteiger partial charge in [0.2, 0.25) is 11.6 Å². The summed E-state index contributed by atoms with van der Waals surface area (Å²) in [6.07, 6.45) is -3.49. The quantitative estimate of drug-likeness (QED) is 0.231. The van der Waals surface area contributed by atoms with Gasteiger partial charge in [-0.3, -0.25) is 10.1 Å². The third-order valence-corrected chi connectivity index (χ3v) is 4.55. The topological polar surface area (TPSA) is 102 Å². The van der Waals surface area contributed by atoms with Crippen LogP contribution in [0.1, 0.15) is 5.56 Å². The Hall–Kier alpha value is -4.67. The van der Waals surface area contributed by atoms with Crippen molar-refractivity contribution in [1.29, 1.82) is 0 Å². The first-order valence-corrected chi connectivity index (χ1v) is 9.83. The molecule has 0 aliphatic heterocycles. The van der Waals surface area contributed by atoms with Crippen molar-refractivity contribution >= 4 is 28.7 Å². The zero-order valence-corrected chi connectivity index (χ0v) is 17.3. The van der Waals surface area contributed by atoms with E-state index in [4.69, 9.17) is 4.74 Å². The highest BCUT2D eigenvalue weighted by Crippen LogP contribution is 2.35. The van der Waals surface area contributed by atoms with Gasteiger partial charge in [0.25, 0.3) is 0 Å². The van der Waals surface area contributed by atoms with E-state index in [0.29, 0.717) is 17.2 Å². The smallest absolute Gasteiger partial charge is 0.416 e. The van der Waals surface area contributed by atoms with Crippen molar-refractivity contribution in [3.63, 3.8) is 0 Å². The van der Waals surface area contributed by atoms with Crippen molar-refractivity contribution in [1.82, 2.24) is 9.97 Å². The maximum absolute atomic E-state index is 13.0. The molecule has 0 aliphatic rings. The highest BCUT2D eigenvalue weighted by atomic mass is 19.4. The van der Waals surface area contributed by atoms with Crippen molar-refractivity contribution in [2.45, 2.75) is 6.18 Å². The molecule has 172 valence electrons. The van der Waals surface area contributed by atoms with Gasteiger partial charge in [0.15, 0.2) is 0 Å². The Morgan fingerprint density at radius 1 is 0.794 bits per heavy atom. The molecular formula is C23H16F3N5O3. The third kappa shape index (κ3) is 5.38. The number of alkyl halides is 3. The van der Waals surface area contributed by atoms with Crippen LogP contribution < -0.4 is 15.4 Å². The van der Waals surface area contributed by atoms with Crippen LogP contribution in [0.15, 0.2) is 85.2 Å². The molecule has 0 bridgehead atoms. The molecule has 4 aromatic rings. The van der Waals surface area contributed by atoms with Crippen molar-refractivity contribution in [2.24, 2.45) is 0 Å². The summed E-state index contributed by atoms with van der Waals surface area (Å²) in [5, 5.41) is 17.2. The molecule has 0 fully saturated rings. The van der Waals surface area contributed by atoms with Gasteiger partial charge in [-0.15, -0.1) is 0 Å². The van der Waals surface area contributed by atoms with Crippen molar-refractivity contribution < 1.29 is 22.8 Å². The van der Waals surface area contributed by atoms with Crippen LogP contribution >= 0.6 is 0 Å². The van der Waals surface area contributed by atoms with Gasteiger partial charge in [-0.05, 0) is 54.6 Å². The number of hydrogen-bond acceptors (Lipinski definition) is 7. The molecule has 0 radical (unpaired) electrons. The molecule has 0 amide bonds. The van der Waals surface area contributed by atoms with E-state index in [0.717, 1.165) is 18.5 Å². The maximum atomic E-state index is 13.0. The van der Waals surface area contributed by atoms with E-state index in [1.165, 1.54) is 12.1 Å². The van der Waals surface area contributed by atoms with Gasteiger partial charge in [0.1, 0.15) is 17.8 Å². The lowest BCUT2D eigenvalue weighted by atomic mass is 10.2. The summed E-state index contributed by atoms with van der Waals surface area (Å²) in [4.78, 5) is 18.8. The number of ether oxygens (including phenoxy) is 1. The molecule has 4 rings (SSSR count). The van der Waals surface area contributed by atoms with Crippen LogP contribution in [0.25, 0.3) is 0 Å². The number of nitrogens with one attached hydrogen (secondary N) is 2. The number of nitro groups is 1. The fraction of sp³-hybridized carbons (Fsp3) is 0.0435. The lowest BCUT2D eigenvalue weighted by Gasteiger charge is -2.12. The van der Waals surface area contributed by atoms with Gasteiger partial charge >= 0.3 is 11.9 Å². The van der Waals surface area contributed by atoms with E-state index >= 15 is 0 Å². The Kier molecular flexibility index (Phi) is 6.26. The number of halogens is 3. The summed E-state index contributed by atoms with van der Waals surface area (Å²) in [6, 6.07) is 20.0. The predicted molar refractivity (Wildman–Crippen MR) is 120 cm³/mol. The van der Waals surface area contributed by atoms with E-state index in [2.05, 4.69) is 20.6 Å². The minimum Gasteiger partial charge on any atom is -0.457 e. The van der Waals surface area contributed by atoms with Crippen LogP contribution in [0.2, 0.25) is 0 Å². The van der Waals surface area contributed by atoms with Crippen LogP contribution in [-0.4, -0.2) is 14.9 Å². The number of para-hydroxylation sites is 1. The number of rotatable bonds is 7. The molecule has 1 aromatic heterocycles. The van der Waals surface area contributed by atoms with E-state index in [1.807, 2.05) is 18.2 Å². The van der Waals surface area contributed by atoms with Crippen LogP contribution in [0.4, 0.5) is 41.9 Å². The first-order valence-electron chi connectivity index (χ1n) is 9.83. The summed E-state index contributed by atoms with van der Waals surface area (Å²) >= 11 is 0. The van der Waals surface area contributed by atoms with E-state index in [1.54, 1.807) is 36.4 Å². The molecule has 0 saturated heterocycles. The van der Waals surface area contributed by atoms with Gasteiger partial charge in [-0.1, -0.05) is 24.3 Å². The average Bonchev–Trinajstić information content (AvgIpc) is 2.81. The number of benzene rings is 3. The first-order chi connectivity index (χ1) is 16.3. The van der Waals surface area contributed by atoms with Crippen LogP contribution in [-0.2, 0) is 6.18 Å². The monoisotopic (exact) mass is 467 g/mol. The molecular weight excluding hydrogens is 451 g/mol. The Balaban J connectivity index is 1.56. The minimum absolute atomic E-state index is 0.00927. The molecule has 8 nitrogen and oxygen atoms in total.